The second-order valence-corrected chi connectivity index (χ2v) is 2.08. The second-order valence-electron chi connectivity index (χ2n) is 2.08. The molecule has 0 saturated carbocycles. The Kier molecular flexibility index (Phi) is 2.47. The van der Waals surface area contributed by atoms with Crippen LogP contribution in [-0.2, 0) is 9.59 Å². The highest BCUT2D eigenvalue weighted by molar-refractivity contribution is 5.86. The third-order valence-electron chi connectivity index (χ3n) is 1.06. The zero-order chi connectivity index (χ0) is 8.97. The van der Waals surface area contributed by atoms with Gasteiger partial charge in [-0.25, -0.2) is 9.97 Å². The minimum absolute atomic E-state index is 0.182. The molecule has 0 spiro atoms. The summed E-state index contributed by atoms with van der Waals surface area (Å²) in [7, 11) is 0. The standard InChI is InChI=1S/C7H6N3O2/c1-5(12)10-7-8-2-6(4-11)3-9-7/h2-3H,1H3,(H,8,9,10,12). The van der Waals surface area contributed by atoms with Gasteiger partial charge in [0.1, 0.15) is 0 Å². The van der Waals surface area contributed by atoms with Crippen LogP contribution in [0.3, 0.4) is 0 Å². The average Bonchev–Trinajstić information content (AvgIpc) is 2.05. The quantitative estimate of drug-likeness (QED) is 0.662. The van der Waals surface area contributed by atoms with E-state index in [1.54, 1.807) is 6.29 Å². The summed E-state index contributed by atoms with van der Waals surface area (Å²) in [6.45, 7) is 1.35. The Morgan fingerprint density at radius 1 is 1.50 bits per heavy atom. The average molecular weight is 164 g/mol. The Bertz CT molecular complexity index is 294. The van der Waals surface area contributed by atoms with Crippen molar-refractivity contribution in [3.05, 3.63) is 18.0 Å². The van der Waals surface area contributed by atoms with E-state index in [0.717, 1.165) is 0 Å². The molecule has 1 aromatic heterocycles. The van der Waals surface area contributed by atoms with Gasteiger partial charge in [-0.3, -0.25) is 14.9 Å². The van der Waals surface area contributed by atoms with Crippen molar-refractivity contribution in [2.75, 3.05) is 5.32 Å². The maximum atomic E-state index is 10.5. The number of amides is 1. The van der Waals surface area contributed by atoms with Gasteiger partial charge in [0.15, 0.2) is 0 Å². The SMILES string of the molecule is CC(=O)Nc1ncc([C]=O)cn1. The topological polar surface area (TPSA) is 72.0 Å². The van der Waals surface area contributed by atoms with Gasteiger partial charge in [-0.2, -0.15) is 0 Å². The van der Waals surface area contributed by atoms with Crippen LogP contribution in [0, 0.1) is 0 Å². The molecule has 1 N–H and O–H groups in total. The lowest BCUT2D eigenvalue weighted by Crippen LogP contribution is -2.09. The Morgan fingerprint density at radius 2 is 2.08 bits per heavy atom. The van der Waals surface area contributed by atoms with Crippen LogP contribution in [0.4, 0.5) is 5.95 Å². The molecule has 1 heterocycles. The predicted octanol–water partition coefficient (Wildman–Crippen LogP) is -0.107. The van der Waals surface area contributed by atoms with Gasteiger partial charge in [-0.15, -0.1) is 0 Å². The highest BCUT2D eigenvalue weighted by atomic mass is 16.1. The van der Waals surface area contributed by atoms with Crippen molar-refractivity contribution in [2.24, 2.45) is 0 Å². The van der Waals surface area contributed by atoms with Crippen molar-refractivity contribution in [1.29, 1.82) is 0 Å². The van der Waals surface area contributed by atoms with E-state index in [0.29, 0.717) is 0 Å². The number of hydrogen-bond acceptors (Lipinski definition) is 4. The molecule has 0 bridgehead atoms. The number of aromatic nitrogens is 2. The first-order chi connectivity index (χ1) is 5.72. The van der Waals surface area contributed by atoms with Gasteiger partial charge in [-0.1, -0.05) is 0 Å². The van der Waals surface area contributed by atoms with Gasteiger partial charge in [0.25, 0.3) is 0 Å². The Balaban J connectivity index is 2.77. The second kappa shape index (κ2) is 3.56. The number of nitrogens with one attached hydrogen (secondary N) is 1. The number of anilines is 1. The highest BCUT2D eigenvalue weighted by Crippen LogP contribution is 1.96. The molecule has 5 nitrogen and oxygen atoms in total. The summed E-state index contributed by atoms with van der Waals surface area (Å²) in [6, 6.07) is 0. The summed E-state index contributed by atoms with van der Waals surface area (Å²) in [4.78, 5) is 27.9. The summed E-state index contributed by atoms with van der Waals surface area (Å²) >= 11 is 0. The van der Waals surface area contributed by atoms with E-state index in [-0.39, 0.29) is 17.4 Å². The number of carbonyl (C=O) groups is 1. The van der Waals surface area contributed by atoms with Crippen molar-refractivity contribution in [3.63, 3.8) is 0 Å². The molecule has 0 unspecified atom stereocenters. The molecule has 0 aromatic carbocycles. The number of rotatable bonds is 2. The van der Waals surface area contributed by atoms with Gasteiger partial charge in [0, 0.05) is 19.3 Å². The summed E-state index contributed by atoms with van der Waals surface area (Å²) in [5, 5.41) is 2.37. The third kappa shape index (κ3) is 2.12. The lowest BCUT2D eigenvalue weighted by Gasteiger charge is -1.97. The van der Waals surface area contributed by atoms with E-state index in [1.165, 1.54) is 19.3 Å². The normalized spacial score (nSPS) is 9.08. The molecule has 0 atom stereocenters. The van der Waals surface area contributed by atoms with Crippen LogP contribution in [0.2, 0.25) is 0 Å². The highest BCUT2D eigenvalue weighted by Gasteiger charge is 1.97. The van der Waals surface area contributed by atoms with E-state index in [9.17, 15) is 9.59 Å². The molecular formula is C7H6N3O2. The number of hydrogen-bond donors (Lipinski definition) is 1. The van der Waals surface area contributed by atoms with E-state index in [2.05, 4.69) is 15.3 Å². The largest absolute Gasteiger partial charge is 0.295 e. The Hall–Kier alpha value is -1.78. The molecule has 12 heavy (non-hydrogen) atoms. The monoisotopic (exact) mass is 164 g/mol. The van der Waals surface area contributed by atoms with E-state index >= 15 is 0 Å². The zero-order valence-electron chi connectivity index (χ0n) is 6.37. The molecule has 1 aromatic rings. The minimum Gasteiger partial charge on any atom is -0.295 e. The van der Waals surface area contributed by atoms with Gasteiger partial charge >= 0.3 is 0 Å². The first kappa shape index (κ1) is 8.32. The summed E-state index contributed by atoms with van der Waals surface area (Å²) in [5.41, 5.74) is 0.254. The van der Waals surface area contributed by atoms with Crippen molar-refractivity contribution < 1.29 is 9.59 Å². The molecule has 1 radical (unpaired) electrons. The fourth-order valence-electron chi connectivity index (χ4n) is 0.603. The van der Waals surface area contributed by atoms with Gasteiger partial charge in [0.2, 0.25) is 18.1 Å². The molecule has 0 aliphatic rings. The van der Waals surface area contributed by atoms with Crippen molar-refractivity contribution in [3.8, 4) is 0 Å². The summed E-state index contributed by atoms with van der Waals surface area (Å²) in [6.07, 6.45) is 4.19. The van der Waals surface area contributed by atoms with Crippen LogP contribution in [0.5, 0.6) is 0 Å². The smallest absolute Gasteiger partial charge is 0.236 e. The van der Waals surface area contributed by atoms with E-state index in [1.807, 2.05) is 0 Å². The fourth-order valence-corrected chi connectivity index (χ4v) is 0.603. The van der Waals surface area contributed by atoms with Crippen LogP contribution in [0.15, 0.2) is 12.4 Å². The van der Waals surface area contributed by atoms with Crippen LogP contribution in [0.25, 0.3) is 0 Å². The number of carbonyl (C=O) groups excluding carboxylic acids is 2. The van der Waals surface area contributed by atoms with Crippen molar-refractivity contribution >= 4 is 18.1 Å². The summed E-state index contributed by atoms with van der Waals surface area (Å²) < 4.78 is 0. The molecule has 1 amide bonds. The van der Waals surface area contributed by atoms with Crippen LogP contribution < -0.4 is 5.32 Å². The fraction of sp³-hybridized carbons (Fsp3) is 0.143. The van der Waals surface area contributed by atoms with Gasteiger partial charge in [-0.05, 0) is 0 Å². The predicted molar refractivity (Wildman–Crippen MR) is 41.1 cm³/mol. The van der Waals surface area contributed by atoms with Crippen molar-refractivity contribution in [2.45, 2.75) is 6.92 Å². The lowest BCUT2D eigenvalue weighted by atomic mass is 10.4. The van der Waals surface area contributed by atoms with Crippen LogP contribution >= 0.6 is 0 Å². The molecule has 0 saturated heterocycles. The maximum Gasteiger partial charge on any atom is 0.236 e. The first-order valence-corrected chi connectivity index (χ1v) is 3.20. The zero-order valence-corrected chi connectivity index (χ0v) is 6.37. The first-order valence-electron chi connectivity index (χ1n) is 3.20. The molecule has 0 fully saturated rings. The minimum atomic E-state index is -0.252. The Labute approximate surface area is 68.8 Å². The van der Waals surface area contributed by atoms with Crippen LogP contribution in [-0.4, -0.2) is 22.2 Å². The van der Waals surface area contributed by atoms with Crippen molar-refractivity contribution in [1.82, 2.24) is 9.97 Å². The van der Waals surface area contributed by atoms with Crippen LogP contribution in [0.1, 0.15) is 12.5 Å². The molecule has 0 aliphatic carbocycles. The van der Waals surface area contributed by atoms with E-state index < -0.39 is 0 Å². The van der Waals surface area contributed by atoms with Gasteiger partial charge < -0.3 is 0 Å². The maximum absolute atomic E-state index is 10.5. The molecule has 1 rings (SSSR count). The molecule has 5 heteroatoms. The lowest BCUT2D eigenvalue weighted by molar-refractivity contribution is -0.114. The third-order valence-corrected chi connectivity index (χ3v) is 1.06. The van der Waals surface area contributed by atoms with E-state index in [4.69, 9.17) is 0 Å². The molecular weight excluding hydrogens is 158 g/mol. The van der Waals surface area contributed by atoms with Gasteiger partial charge in [0.05, 0.1) is 5.56 Å². The molecule has 61 valence electrons. The number of nitrogens with zero attached hydrogens (tertiary/aromatic N) is 2. The summed E-state index contributed by atoms with van der Waals surface area (Å²) in [5.74, 6) is -0.0701. The Morgan fingerprint density at radius 3 is 2.50 bits per heavy atom. The molecule has 0 aliphatic heterocycles.